The molecule has 0 saturated carbocycles. The monoisotopic (exact) mass is 346 g/mol. The van der Waals surface area contributed by atoms with Crippen molar-refractivity contribution in [3.63, 3.8) is 0 Å². The zero-order valence-electron chi connectivity index (χ0n) is 11.6. The molecule has 0 amide bonds. The largest absolute Gasteiger partial charge is 0.612 e. The summed E-state index contributed by atoms with van der Waals surface area (Å²) in [6, 6.07) is 7.57. The lowest BCUT2D eigenvalue weighted by atomic mass is 10.1. The van der Waals surface area contributed by atoms with Crippen LogP contribution >= 0.6 is 0 Å². The van der Waals surface area contributed by atoms with E-state index in [0.717, 1.165) is 23.6 Å². The molecule has 0 aromatic heterocycles. The summed E-state index contributed by atoms with van der Waals surface area (Å²) in [5.74, 6) is -1.39. The molecule has 7 heteroatoms. The van der Waals surface area contributed by atoms with Crippen molar-refractivity contribution in [1.29, 1.82) is 0 Å². The summed E-state index contributed by atoms with van der Waals surface area (Å²) in [5.41, 5.74) is -0.816. The van der Waals surface area contributed by atoms with E-state index in [0.29, 0.717) is 11.6 Å². The van der Waals surface area contributed by atoms with Gasteiger partial charge in [0.05, 0.1) is 5.56 Å². The molecule has 23 heavy (non-hydrogen) atoms. The highest BCUT2D eigenvalue weighted by Gasteiger charge is 2.33. The average molecular weight is 346 g/mol. The van der Waals surface area contributed by atoms with Crippen LogP contribution < -0.4 is 0 Å². The van der Waals surface area contributed by atoms with Crippen LogP contribution in [0.5, 0.6) is 0 Å². The van der Waals surface area contributed by atoms with Crippen LogP contribution in [-0.2, 0) is 23.1 Å². The molecule has 0 heterocycles. The van der Waals surface area contributed by atoms with E-state index in [1.165, 1.54) is 24.3 Å². The van der Waals surface area contributed by atoms with Gasteiger partial charge in [-0.3, -0.25) is 0 Å². The first-order valence-corrected chi connectivity index (χ1v) is 7.80. The van der Waals surface area contributed by atoms with Gasteiger partial charge in [0.15, 0.2) is 0 Å². The second-order valence-corrected chi connectivity index (χ2v) is 6.01. The zero-order chi connectivity index (χ0) is 17.0. The van der Waals surface area contributed by atoms with E-state index in [4.69, 9.17) is 0 Å². The first-order valence-electron chi connectivity index (χ1n) is 6.42. The lowest BCUT2D eigenvalue weighted by Gasteiger charge is -2.10. The van der Waals surface area contributed by atoms with E-state index in [1.54, 1.807) is 0 Å². The fourth-order valence-electron chi connectivity index (χ4n) is 1.86. The van der Waals surface area contributed by atoms with Crippen molar-refractivity contribution in [2.24, 2.45) is 0 Å². The normalized spacial score (nSPS) is 13.5. The molecule has 0 saturated heterocycles. The van der Waals surface area contributed by atoms with Gasteiger partial charge in [-0.1, -0.05) is 18.2 Å². The Labute approximate surface area is 132 Å². The van der Waals surface area contributed by atoms with Crippen LogP contribution in [0.3, 0.4) is 0 Å². The number of alkyl halides is 3. The molecule has 0 aliphatic heterocycles. The van der Waals surface area contributed by atoms with Gasteiger partial charge in [-0.25, -0.2) is 8.78 Å². The number of halogens is 5. The Kier molecular flexibility index (Phi) is 5.43. The van der Waals surface area contributed by atoms with Crippen LogP contribution in [0.2, 0.25) is 0 Å². The van der Waals surface area contributed by atoms with Gasteiger partial charge in [0.1, 0.15) is 22.8 Å². The second kappa shape index (κ2) is 7.14. The van der Waals surface area contributed by atoms with E-state index in [-0.39, 0.29) is 11.3 Å². The number of benzene rings is 2. The summed E-state index contributed by atoms with van der Waals surface area (Å²) in [5, 5.41) is 1.10. The van der Waals surface area contributed by atoms with E-state index in [9.17, 15) is 26.5 Å². The molecular weight excluding hydrogens is 335 g/mol. The van der Waals surface area contributed by atoms with E-state index >= 15 is 0 Å². The minimum Gasteiger partial charge on any atom is -0.612 e. The lowest BCUT2D eigenvalue weighted by Crippen LogP contribution is -2.08. The van der Waals surface area contributed by atoms with Crippen LogP contribution in [-0.4, -0.2) is 4.55 Å². The first kappa shape index (κ1) is 17.5. The molecular formula is C16H11F5OS. The maximum Gasteiger partial charge on any atom is 0.417 e. The van der Waals surface area contributed by atoms with Crippen LogP contribution in [0.1, 0.15) is 16.7 Å². The second-order valence-electron chi connectivity index (χ2n) is 4.68. The van der Waals surface area contributed by atoms with Crippen LogP contribution in [0.25, 0.3) is 6.08 Å². The van der Waals surface area contributed by atoms with Crippen molar-refractivity contribution in [3.8, 4) is 0 Å². The molecule has 0 radical (unpaired) electrons. The third-order valence-corrected chi connectivity index (χ3v) is 4.00. The van der Waals surface area contributed by atoms with Crippen molar-refractivity contribution in [1.82, 2.24) is 0 Å². The summed E-state index contributed by atoms with van der Waals surface area (Å²) >= 11 is -1.58. The molecule has 2 aromatic rings. The molecule has 2 rings (SSSR count). The van der Waals surface area contributed by atoms with Crippen LogP contribution in [0.4, 0.5) is 22.0 Å². The van der Waals surface area contributed by atoms with Gasteiger partial charge in [0.25, 0.3) is 0 Å². The van der Waals surface area contributed by atoms with Crippen molar-refractivity contribution in [2.45, 2.75) is 11.9 Å². The van der Waals surface area contributed by atoms with E-state index in [2.05, 4.69) is 0 Å². The summed E-state index contributed by atoms with van der Waals surface area (Å²) in [4.78, 5) is 0. The molecule has 0 fully saturated rings. The Balaban J connectivity index is 2.15. The quantitative estimate of drug-likeness (QED) is 0.570. The average Bonchev–Trinajstić information content (AvgIpc) is 2.47. The summed E-state index contributed by atoms with van der Waals surface area (Å²) in [6.07, 6.45) is -3.66. The van der Waals surface area contributed by atoms with Gasteiger partial charge in [-0.2, -0.15) is 13.2 Å². The lowest BCUT2D eigenvalue weighted by molar-refractivity contribution is -0.137. The third kappa shape index (κ3) is 5.07. The van der Waals surface area contributed by atoms with Crippen LogP contribution in [0.15, 0.2) is 47.9 Å². The molecule has 1 atom stereocenters. The van der Waals surface area contributed by atoms with Gasteiger partial charge in [0.2, 0.25) is 0 Å². The summed E-state index contributed by atoms with van der Waals surface area (Å²) in [6.45, 7) is 0. The van der Waals surface area contributed by atoms with Crippen molar-refractivity contribution in [3.05, 3.63) is 76.2 Å². The first-order chi connectivity index (χ1) is 10.8. The molecule has 122 valence electrons. The fourth-order valence-corrected chi connectivity index (χ4v) is 2.78. The van der Waals surface area contributed by atoms with Crippen molar-refractivity contribution in [2.75, 3.05) is 0 Å². The topological polar surface area (TPSA) is 23.1 Å². The molecule has 1 nitrogen and oxygen atoms in total. The maximum absolute atomic E-state index is 13.0. The zero-order valence-corrected chi connectivity index (χ0v) is 12.4. The molecule has 0 spiro atoms. The van der Waals surface area contributed by atoms with E-state index in [1.807, 2.05) is 0 Å². The predicted molar refractivity (Wildman–Crippen MR) is 78.7 cm³/mol. The Morgan fingerprint density at radius 2 is 1.57 bits per heavy atom. The van der Waals surface area contributed by atoms with Gasteiger partial charge < -0.3 is 4.55 Å². The van der Waals surface area contributed by atoms with Gasteiger partial charge in [0, 0.05) is 5.56 Å². The van der Waals surface area contributed by atoms with Crippen LogP contribution in [0, 0.1) is 11.6 Å². The number of hydrogen-bond donors (Lipinski definition) is 0. The predicted octanol–water partition coefficient (Wildman–Crippen LogP) is 4.90. The SMILES string of the molecule is [O-][S+](/C=C/c1ccc(F)cc1C(F)(F)F)Cc1ccc(F)cc1. The maximum atomic E-state index is 13.0. The fraction of sp³-hybridized carbons (Fsp3) is 0.125. The van der Waals surface area contributed by atoms with Crippen molar-refractivity contribution >= 4 is 17.3 Å². The smallest absolute Gasteiger partial charge is 0.417 e. The van der Waals surface area contributed by atoms with E-state index < -0.39 is 34.6 Å². The summed E-state index contributed by atoms with van der Waals surface area (Å²) in [7, 11) is 0. The van der Waals surface area contributed by atoms with Gasteiger partial charge in [-0.15, -0.1) is 0 Å². The highest BCUT2D eigenvalue weighted by molar-refractivity contribution is 7.93. The molecule has 0 aliphatic rings. The van der Waals surface area contributed by atoms with Gasteiger partial charge >= 0.3 is 6.18 Å². The molecule has 2 aromatic carbocycles. The minimum absolute atomic E-state index is 0.0410. The Morgan fingerprint density at radius 1 is 0.957 bits per heavy atom. The van der Waals surface area contributed by atoms with Gasteiger partial charge in [-0.05, 0) is 47.1 Å². The Bertz CT molecular complexity index is 695. The molecule has 0 bridgehead atoms. The molecule has 0 aliphatic carbocycles. The third-order valence-electron chi connectivity index (χ3n) is 2.94. The molecule has 1 unspecified atom stereocenters. The Hall–Kier alpha value is -1.86. The van der Waals surface area contributed by atoms with Crippen molar-refractivity contribution < 1.29 is 26.5 Å². The standard InChI is InChI=1S/C16H11F5OS/c17-13-4-1-11(2-5-13)10-23(22)8-7-12-3-6-14(18)9-15(12)16(19,20)21/h1-9H,10H2/b8-7+. The Morgan fingerprint density at radius 3 is 2.17 bits per heavy atom. The highest BCUT2D eigenvalue weighted by Crippen LogP contribution is 2.33. The minimum atomic E-state index is -4.71. The number of hydrogen-bond acceptors (Lipinski definition) is 1. The summed E-state index contributed by atoms with van der Waals surface area (Å²) < 4.78 is 76.1. The number of rotatable bonds is 4. The highest BCUT2D eigenvalue weighted by atomic mass is 32.2. The molecule has 0 N–H and O–H groups in total.